The number of piperidine rings is 1. The van der Waals surface area contributed by atoms with Gasteiger partial charge in [0.25, 0.3) is 5.91 Å². The number of hydrogen-bond donors (Lipinski definition) is 1. The molecule has 7 heteroatoms. The molecular formula is C30H36N6O. The van der Waals surface area contributed by atoms with E-state index in [0.717, 1.165) is 59.5 Å². The number of nitrogens with zero attached hydrogens (tertiary/aromatic N) is 5. The van der Waals surface area contributed by atoms with E-state index >= 15 is 0 Å². The summed E-state index contributed by atoms with van der Waals surface area (Å²) in [5.41, 5.74) is 7.39. The zero-order chi connectivity index (χ0) is 26.1. The third-order valence-electron chi connectivity index (χ3n) is 7.77. The minimum Gasteiger partial charge on any atom is -0.387 e. The lowest BCUT2D eigenvalue weighted by Crippen LogP contribution is -2.39. The second-order valence-corrected chi connectivity index (χ2v) is 10.3. The zero-order valence-electron chi connectivity index (χ0n) is 22.4. The van der Waals surface area contributed by atoms with Crippen LogP contribution in [0.5, 0.6) is 0 Å². The van der Waals surface area contributed by atoms with Crippen LogP contribution in [0.1, 0.15) is 47.3 Å². The first kappa shape index (κ1) is 25.0. The van der Waals surface area contributed by atoms with E-state index in [0.29, 0.717) is 12.0 Å². The Labute approximate surface area is 219 Å². The summed E-state index contributed by atoms with van der Waals surface area (Å²) in [4.78, 5) is 25.8. The Morgan fingerprint density at radius 3 is 2.54 bits per heavy atom. The standard InChI is InChI=1S/C30H36N6O/c1-20-16-23(21-6-8-22(9-7-21)30(37)34(3)4)13-15-36(20)19-25-17-27-26(12-14-32-29(27)35(25)5)28-11-10-24(31-2)18-33-28/h6-12,14,17-18,20,23,31H,13,15-16,19H2,1-5H3. The van der Waals surface area contributed by atoms with Gasteiger partial charge in [0, 0.05) is 69.2 Å². The number of likely N-dealkylation sites (tertiary alicyclic amines) is 1. The molecule has 2 unspecified atom stereocenters. The van der Waals surface area contributed by atoms with Crippen LogP contribution in [0.4, 0.5) is 5.69 Å². The first-order valence-corrected chi connectivity index (χ1v) is 13.0. The second-order valence-electron chi connectivity index (χ2n) is 10.3. The number of pyridine rings is 2. The number of nitrogens with one attached hydrogen (secondary N) is 1. The number of carbonyl (C=O) groups is 1. The second kappa shape index (κ2) is 10.3. The molecule has 1 aliphatic heterocycles. The third-order valence-corrected chi connectivity index (χ3v) is 7.77. The molecule has 192 valence electrons. The summed E-state index contributed by atoms with van der Waals surface area (Å²) in [6.07, 6.45) is 5.96. The van der Waals surface area contributed by atoms with Gasteiger partial charge in [0.15, 0.2) is 0 Å². The number of rotatable bonds is 6. The average molecular weight is 497 g/mol. The van der Waals surface area contributed by atoms with Gasteiger partial charge < -0.3 is 14.8 Å². The zero-order valence-corrected chi connectivity index (χ0v) is 22.4. The van der Waals surface area contributed by atoms with E-state index in [9.17, 15) is 4.79 Å². The largest absolute Gasteiger partial charge is 0.387 e. The van der Waals surface area contributed by atoms with Gasteiger partial charge in [-0.25, -0.2) is 4.98 Å². The molecule has 0 radical (unpaired) electrons. The van der Waals surface area contributed by atoms with Gasteiger partial charge in [0.1, 0.15) is 5.65 Å². The number of fused-ring (bicyclic) bond motifs is 1. The molecule has 5 rings (SSSR count). The number of hydrogen-bond acceptors (Lipinski definition) is 5. The van der Waals surface area contributed by atoms with Gasteiger partial charge >= 0.3 is 0 Å². The summed E-state index contributed by atoms with van der Waals surface area (Å²) in [5.74, 6) is 0.565. The maximum absolute atomic E-state index is 12.2. The molecule has 2 atom stereocenters. The van der Waals surface area contributed by atoms with Gasteiger partial charge in [-0.15, -0.1) is 0 Å². The first-order valence-electron chi connectivity index (χ1n) is 13.0. The molecule has 0 spiro atoms. The highest BCUT2D eigenvalue weighted by Crippen LogP contribution is 2.34. The molecule has 4 aromatic rings. The minimum atomic E-state index is 0.0492. The Kier molecular flexibility index (Phi) is 6.98. The Morgan fingerprint density at radius 1 is 1.11 bits per heavy atom. The molecule has 0 bridgehead atoms. The molecule has 1 fully saturated rings. The van der Waals surface area contributed by atoms with Crippen LogP contribution in [0.15, 0.2) is 60.9 Å². The van der Waals surface area contributed by atoms with Crippen molar-refractivity contribution in [3.8, 4) is 11.3 Å². The van der Waals surface area contributed by atoms with Crippen molar-refractivity contribution in [1.29, 1.82) is 0 Å². The van der Waals surface area contributed by atoms with Crippen molar-refractivity contribution in [2.24, 2.45) is 7.05 Å². The highest BCUT2D eigenvalue weighted by molar-refractivity contribution is 5.94. The first-order chi connectivity index (χ1) is 17.9. The Morgan fingerprint density at radius 2 is 1.89 bits per heavy atom. The number of benzene rings is 1. The lowest BCUT2D eigenvalue weighted by molar-refractivity contribution is 0.0827. The van der Waals surface area contributed by atoms with Gasteiger partial charge in [-0.3, -0.25) is 14.7 Å². The number of carbonyl (C=O) groups excluding carboxylic acids is 1. The average Bonchev–Trinajstić information content (AvgIpc) is 3.24. The maximum atomic E-state index is 12.2. The van der Waals surface area contributed by atoms with Gasteiger partial charge in [-0.05, 0) is 74.2 Å². The maximum Gasteiger partial charge on any atom is 0.253 e. The highest BCUT2D eigenvalue weighted by Gasteiger charge is 2.27. The van der Waals surface area contributed by atoms with E-state index in [1.807, 2.05) is 31.6 Å². The molecule has 1 aromatic carbocycles. The van der Waals surface area contributed by atoms with Crippen LogP contribution in [0.2, 0.25) is 0 Å². The van der Waals surface area contributed by atoms with Crippen molar-refractivity contribution in [3.63, 3.8) is 0 Å². The molecule has 1 amide bonds. The highest BCUT2D eigenvalue weighted by atomic mass is 16.2. The molecule has 37 heavy (non-hydrogen) atoms. The molecule has 0 saturated carbocycles. The minimum absolute atomic E-state index is 0.0492. The normalized spacial score (nSPS) is 18.2. The molecule has 1 aliphatic rings. The van der Waals surface area contributed by atoms with Crippen molar-refractivity contribution in [2.45, 2.75) is 38.3 Å². The van der Waals surface area contributed by atoms with Crippen LogP contribution in [-0.2, 0) is 13.6 Å². The van der Waals surface area contributed by atoms with Crippen LogP contribution >= 0.6 is 0 Å². The Balaban J connectivity index is 1.31. The molecule has 0 aliphatic carbocycles. The van der Waals surface area contributed by atoms with Gasteiger partial charge in [0.2, 0.25) is 0 Å². The summed E-state index contributed by atoms with van der Waals surface area (Å²) < 4.78 is 2.22. The molecular weight excluding hydrogens is 460 g/mol. The van der Waals surface area contributed by atoms with E-state index in [4.69, 9.17) is 4.98 Å². The molecule has 1 saturated heterocycles. The summed E-state index contributed by atoms with van der Waals surface area (Å²) in [6.45, 7) is 4.26. The lowest BCUT2D eigenvalue weighted by Gasteiger charge is -2.38. The SMILES string of the molecule is CNc1ccc(-c2ccnc3c2cc(CN2CCC(c4ccc(C(=O)N(C)C)cc4)CC2C)n3C)nc1. The number of amides is 1. The van der Waals surface area contributed by atoms with Gasteiger partial charge in [-0.1, -0.05) is 12.1 Å². The predicted octanol–water partition coefficient (Wildman–Crippen LogP) is 5.15. The van der Waals surface area contributed by atoms with Gasteiger partial charge in [-0.2, -0.15) is 0 Å². The van der Waals surface area contributed by atoms with Gasteiger partial charge in [0.05, 0.1) is 17.6 Å². The molecule has 3 aromatic heterocycles. The molecule has 4 heterocycles. The van der Waals surface area contributed by atoms with Crippen molar-refractivity contribution in [1.82, 2.24) is 24.3 Å². The van der Waals surface area contributed by atoms with Crippen molar-refractivity contribution in [2.75, 3.05) is 33.0 Å². The van der Waals surface area contributed by atoms with Crippen LogP contribution in [0, 0.1) is 0 Å². The van der Waals surface area contributed by atoms with Crippen LogP contribution in [-0.4, -0.2) is 64.0 Å². The third kappa shape index (κ3) is 4.96. The van der Waals surface area contributed by atoms with Crippen molar-refractivity contribution >= 4 is 22.6 Å². The quantitative estimate of drug-likeness (QED) is 0.400. The van der Waals surface area contributed by atoms with Crippen LogP contribution in [0.3, 0.4) is 0 Å². The van der Waals surface area contributed by atoms with Crippen LogP contribution < -0.4 is 5.32 Å². The molecule has 7 nitrogen and oxygen atoms in total. The fourth-order valence-corrected chi connectivity index (χ4v) is 5.47. The topological polar surface area (TPSA) is 66.3 Å². The summed E-state index contributed by atoms with van der Waals surface area (Å²) >= 11 is 0. The molecule has 1 N–H and O–H groups in total. The smallest absolute Gasteiger partial charge is 0.253 e. The fourth-order valence-electron chi connectivity index (χ4n) is 5.47. The fraction of sp³-hybridized carbons (Fsp3) is 0.367. The lowest BCUT2D eigenvalue weighted by atomic mass is 9.85. The number of anilines is 1. The summed E-state index contributed by atoms with van der Waals surface area (Å²) in [6, 6.07) is 17.1. The van der Waals surface area contributed by atoms with E-state index in [-0.39, 0.29) is 5.91 Å². The monoisotopic (exact) mass is 496 g/mol. The number of aromatic nitrogens is 3. The Bertz CT molecular complexity index is 1390. The predicted molar refractivity (Wildman–Crippen MR) is 150 cm³/mol. The van der Waals surface area contributed by atoms with Crippen molar-refractivity contribution < 1.29 is 4.79 Å². The van der Waals surface area contributed by atoms with Crippen molar-refractivity contribution in [3.05, 3.63) is 77.7 Å². The summed E-state index contributed by atoms with van der Waals surface area (Å²) in [5, 5.41) is 4.27. The van der Waals surface area contributed by atoms with E-state index in [1.54, 1.807) is 19.0 Å². The van der Waals surface area contributed by atoms with Crippen LogP contribution in [0.25, 0.3) is 22.3 Å². The summed E-state index contributed by atoms with van der Waals surface area (Å²) in [7, 11) is 7.59. The Hall–Kier alpha value is -3.71. The number of aryl methyl sites for hydroxylation is 1. The van der Waals surface area contributed by atoms with E-state index in [2.05, 4.69) is 70.1 Å². The van der Waals surface area contributed by atoms with E-state index in [1.165, 1.54) is 11.3 Å². The van der Waals surface area contributed by atoms with E-state index < -0.39 is 0 Å².